The maximum atomic E-state index is 13.0. The minimum absolute atomic E-state index is 0.0976. The maximum absolute atomic E-state index is 13.0. The number of benzene rings is 1. The van der Waals surface area contributed by atoms with Crippen LogP contribution in [-0.4, -0.2) is 52.6 Å². The Morgan fingerprint density at radius 2 is 1.93 bits per heavy atom. The predicted molar refractivity (Wildman–Crippen MR) is 103 cm³/mol. The van der Waals surface area contributed by atoms with Crippen LogP contribution in [0.2, 0.25) is 0 Å². The van der Waals surface area contributed by atoms with E-state index in [4.69, 9.17) is 4.74 Å². The van der Waals surface area contributed by atoms with Gasteiger partial charge >= 0.3 is 0 Å². The standard InChI is InChI=1S/C22H30N2O3/c1-14(2)17-7-5-16(6-8-17)11-20(25)23-10-9-22-19(23)12-21(26)24(22)18(13-27-22)15(3)4/h5-8,14-15,18-19H,9-13H2,1-4H3/t18-,19+,22-/m0/s1. The molecule has 1 aromatic rings. The van der Waals surface area contributed by atoms with Gasteiger partial charge in [0.2, 0.25) is 11.8 Å². The van der Waals surface area contributed by atoms with Gasteiger partial charge in [0, 0.05) is 13.0 Å². The molecule has 3 aliphatic heterocycles. The van der Waals surface area contributed by atoms with E-state index in [0.717, 1.165) is 12.0 Å². The second-order valence-corrected chi connectivity index (χ2v) is 8.86. The summed E-state index contributed by atoms with van der Waals surface area (Å²) in [5.74, 6) is 1.07. The predicted octanol–water partition coefficient (Wildman–Crippen LogP) is 2.94. The van der Waals surface area contributed by atoms with Gasteiger partial charge in [-0.05, 0) is 23.0 Å². The molecule has 4 rings (SSSR count). The fraction of sp³-hybridized carbons (Fsp3) is 0.636. The zero-order chi connectivity index (χ0) is 19.3. The fourth-order valence-electron chi connectivity index (χ4n) is 4.97. The zero-order valence-electron chi connectivity index (χ0n) is 16.8. The third kappa shape index (κ3) is 2.87. The lowest BCUT2D eigenvalue weighted by Crippen LogP contribution is -2.51. The molecule has 1 spiro atoms. The third-order valence-electron chi connectivity index (χ3n) is 6.58. The van der Waals surface area contributed by atoms with E-state index < -0.39 is 5.72 Å². The van der Waals surface area contributed by atoms with Crippen molar-refractivity contribution >= 4 is 11.8 Å². The first-order valence-electron chi connectivity index (χ1n) is 10.2. The topological polar surface area (TPSA) is 49.9 Å². The summed E-state index contributed by atoms with van der Waals surface area (Å²) in [6.07, 6.45) is 1.50. The Morgan fingerprint density at radius 3 is 2.56 bits per heavy atom. The molecule has 3 saturated heterocycles. The Bertz CT molecular complexity index is 742. The van der Waals surface area contributed by atoms with Crippen molar-refractivity contribution in [1.29, 1.82) is 0 Å². The summed E-state index contributed by atoms with van der Waals surface area (Å²) in [5.41, 5.74) is 1.73. The maximum Gasteiger partial charge on any atom is 0.227 e. The van der Waals surface area contributed by atoms with Gasteiger partial charge in [0.05, 0.1) is 31.5 Å². The molecule has 3 aliphatic rings. The number of carbonyl (C=O) groups is 2. The molecule has 1 aromatic carbocycles. The Balaban J connectivity index is 1.50. The quantitative estimate of drug-likeness (QED) is 0.819. The molecule has 0 aromatic heterocycles. The number of hydrogen-bond acceptors (Lipinski definition) is 3. The minimum atomic E-state index is -0.580. The molecule has 0 radical (unpaired) electrons. The van der Waals surface area contributed by atoms with Gasteiger partial charge in [-0.1, -0.05) is 52.0 Å². The first-order valence-corrected chi connectivity index (χ1v) is 10.2. The molecular weight excluding hydrogens is 340 g/mol. The fourth-order valence-corrected chi connectivity index (χ4v) is 4.97. The SMILES string of the molecule is CC(C)c1ccc(CC(=O)N2CC[C@@]34OC[C@@H](C(C)C)N3C(=O)C[C@@H]24)cc1. The van der Waals surface area contributed by atoms with Gasteiger partial charge in [0.1, 0.15) is 0 Å². The zero-order valence-corrected chi connectivity index (χ0v) is 16.8. The molecule has 0 unspecified atom stereocenters. The smallest absolute Gasteiger partial charge is 0.227 e. The number of rotatable bonds is 4. The summed E-state index contributed by atoms with van der Waals surface area (Å²) >= 11 is 0. The van der Waals surface area contributed by atoms with Crippen LogP contribution in [0.15, 0.2) is 24.3 Å². The van der Waals surface area contributed by atoms with Crippen LogP contribution < -0.4 is 0 Å². The van der Waals surface area contributed by atoms with Crippen LogP contribution in [0.1, 0.15) is 57.6 Å². The second kappa shape index (κ2) is 6.62. The van der Waals surface area contributed by atoms with Gasteiger partial charge in [0.25, 0.3) is 0 Å². The number of amides is 2. The summed E-state index contributed by atoms with van der Waals surface area (Å²) in [4.78, 5) is 29.6. The molecule has 27 heavy (non-hydrogen) atoms. The second-order valence-electron chi connectivity index (χ2n) is 8.86. The lowest BCUT2D eigenvalue weighted by atomic mass is 10.0. The van der Waals surface area contributed by atoms with Crippen LogP contribution in [0.4, 0.5) is 0 Å². The normalized spacial score (nSPS) is 29.8. The van der Waals surface area contributed by atoms with Crippen LogP contribution in [0.3, 0.4) is 0 Å². The molecule has 0 bridgehead atoms. The summed E-state index contributed by atoms with van der Waals surface area (Å²) in [7, 11) is 0. The van der Waals surface area contributed by atoms with Crippen molar-refractivity contribution in [3.05, 3.63) is 35.4 Å². The Hall–Kier alpha value is -1.88. The van der Waals surface area contributed by atoms with Gasteiger partial charge in [-0.15, -0.1) is 0 Å². The Kier molecular flexibility index (Phi) is 4.53. The molecule has 0 saturated carbocycles. The van der Waals surface area contributed by atoms with Gasteiger partial charge < -0.3 is 14.5 Å². The van der Waals surface area contributed by atoms with Gasteiger partial charge in [-0.25, -0.2) is 0 Å². The highest BCUT2D eigenvalue weighted by atomic mass is 16.5. The van der Waals surface area contributed by atoms with E-state index in [-0.39, 0.29) is 23.9 Å². The molecular formula is C22H30N2O3. The van der Waals surface area contributed by atoms with Gasteiger partial charge in [0.15, 0.2) is 5.72 Å². The molecule has 0 aliphatic carbocycles. The molecule has 146 valence electrons. The third-order valence-corrected chi connectivity index (χ3v) is 6.58. The van der Waals surface area contributed by atoms with E-state index in [9.17, 15) is 9.59 Å². The molecule has 3 atom stereocenters. The molecule has 5 nitrogen and oxygen atoms in total. The highest BCUT2D eigenvalue weighted by Gasteiger charge is 2.65. The van der Waals surface area contributed by atoms with E-state index in [0.29, 0.717) is 37.8 Å². The van der Waals surface area contributed by atoms with Crippen molar-refractivity contribution < 1.29 is 14.3 Å². The largest absolute Gasteiger partial charge is 0.351 e. The summed E-state index contributed by atoms with van der Waals surface area (Å²) in [6, 6.07) is 8.29. The molecule has 3 fully saturated rings. The number of carbonyl (C=O) groups excluding carboxylic acids is 2. The van der Waals surface area contributed by atoms with Crippen molar-refractivity contribution in [2.24, 2.45) is 5.92 Å². The summed E-state index contributed by atoms with van der Waals surface area (Å²) in [5, 5.41) is 0. The van der Waals surface area contributed by atoms with Crippen molar-refractivity contribution in [1.82, 2.24) is 9.80 Å². The van der Waals surface area contributed by atoms with Crippen LogP contribution in [0.25, 0.3) is 0 Å². The van der Waals surface area contributed by atoms with Gasteiger partial charge in [-0.3, -0.25) is 9.59 Å². The molecule has 0 N–H and O–H groups in total. The van der Waals surface area contributed by atoms with E-state index in [1.807, 2.05) is 21.9 Å². The van der Waals surface area contributed by atoms with Crippen molar-refractivity contribution in [2.45, 2.75) is 70.7 Å². The van der Waals surface area contributed by atoms with Gasteiger partial charge in [-0.2, -0.15) is 0 Å². The molecule has 3 heterocycles. The average Bonchev–Trinajstić information content (AvgIpc) is 3.24. The van der Waals surface area contributed by atoms with E-state index in [1.54, 1.807) is 0 Å². The van der Waals surface area contributed by atoms with Crippen LogP contribution in [-0.2, 0) is 20.7 Å². The Labute approximate surface area is 161 Å². The van der Waals surface area contributed by atoms with Crippen molar-refractivity contribution in [2.75, 3.05) is 13.2 Å². The van der Waals surface area contributed by atoms with Crippen LogP contribution in [0.5, 0.6) is 0 Å². The number of ether oxygens (including phenoxy) is 1. The number of hydrogen-bond donors (Lipinski definition) is 0. The van der Waals surface area contributed by atoms with Crippen molar-refractivity contribution in [3.63, 3.8) is 0 Å². The van der Waals surface area contributed by atoms with Crippen molar-refractivity contribution in [3.8, 4) is 0 Å². The number of nitrogens with zero attached hydrogens (tertiary/aromatic N) is 2. The first kappa shape index (κ1) is 18.5. The number of likely N-dealkylation sites (tertiary alicyclic amines) is 1. The van der Waals surface area contributed by atoms with E-state index in [2.05, 4.69) is 39.8 Å². The van der Waals surface area contributed by atoms with E-state index in [1.165, 1.54) is 5.56 Å². The minimum Gasteiger partial charge on any atom is -0.351 e. The highest BCUT2D eigenvalue weighted by Crippen LogP contribution is 2.48. The van der Waals surface area contributed by atoms with Crippen LogP contribution in [0, 0.1) is 5.92 Å². The lowest BCUT2D eigenvalue weighted by molar-refractivity contribution is -0.141. The van der Waals surface area contributed by atoms with Crippen LogP contribution >= 0.6 is 0 Å². The lowest BCUT2D eigenvalue weighted by Gasteiger charge is -2.34. The summed E-state index contributed by atoms with van der Waals surface area (Å²) in [6.45, 7) is 9.84. The molecule has 2 amide bonds. The molecule has 5 heteroatoms. The first-order chi connectivity index (χ1) is 12.8. The summed E-state index contributed by atoms with van der Waals surface area (Å²) < 4.78 is 6.22. The average molecular weight is 370 g/mol. The highest BCUT2D eigenvalue weighted by molar-refractivity contribution is 5.85. The monoisotopic (exact) mass is 370 g/mol. The van der Waals surface area contributed by atoms with E-state index >= 15 is 0 Å². The Morgan fingerprint density at radius 1 is 1.22 bits per heavy atom.